The number of halogens is 1. The normalized spacial score (nSPS) is 14.5. The largest absolute Gasteiger partial charge is 0.352 e. The zero-order valence-corrected chi connectivity index (χ0v) is 24.8. The van der Waals surface area contributed by atoms with Gasteiger partial charge in [0.25, 0.3) is 15.7 Å². The predicted octanol–water partition coefficient (Wildman–Crippen LogP) is 5.31. The number of amides is 2. The molecule has 1 fully saturated rings. The summed E-state index contributed by atoms with van der Waals surface area (Å²) < 4.78 is 28.5. The number of carbonyl (C=O) groups is 2. The average Bonchev–Trinajstić information content (AvgIpc) is 3.00. The molecule has 10 nitrogen and oxygen atoms in total. The lowest BCUT2D eigenvalue weighted by molar-refractivity contribution is -0.384. The molecule has 0 saturated heterocycles. The van der Waals surface area contributed by atoms with E-state index >= 15 is 0 Å². The number of nitro benzene ring substituents is 1. The Morgan fingerprint density at radius 1 is 0.976 bits per heavy atom. The molecule has 0 heterocycles. The Hall–Kier alpha value is -3.96. The van der Waals surface area contributed by atoms with Crippen molar-refractivity contribution in [2.45, 2.75) is 62.6 Å². The summed E-state index contributed by atoms with van der Waals surface area (Å²) >= 11 is 6.05. The molecule has 0 aromatic heterocycles. The van der Waals surface area contributed by atoms with Gasteiger partial charge in [-0.05, 0) is 61.7 Å². The van der Waals surface area contributed by atoms with Crippen LogP contribution in [0.4, 0.5) is 11.4 Å². The molecule has 1 aliphatic rings. The van der Waals surface area contributed by atoms with Crippen molar-refractivity contribution in [1.82, 2.24) is 10.2 Å². The van der Waals surface area contributed by atoms with Gasteiger partial charge in [0, 0.05) is 29.7 Å². The van der Waals surface area contributed by atoms with Crippen LogP contribution in [-0.2, 0) is 26.2 Å². The van der Waals surface area contributed by atoms with Crippen LogP contribution in [0.2, 0.25) is 5.02 Å². The summed E-state index contributed by atoms with van der Waals surface area (Å²) in [4.78, 5) is 39.3. The Morgan fingerprint density at radius 3 is 2.19 bits per heavy atom. The maximum Gasteiger partial charge on any atom is 0.269 e. The van der Waals surface area contributed by atoms with Crippen LogP contribution in [0.5, 0.6) is 0 Å². The van der Waals surface area contributed by atoms with E-state index in [-0.39, 0.29) is 34.8 Å². The van der Waals surface area contributed by atoms with Crippen molar-refractivity contribution in [3.8, 4) is 0 Å². The molecule has 0 bridgehead atoms. The highest BCUT2D eigenvalue weighted by atomic mass is 35.5. The number of hydrogen-bond donors (Lipinski definition) is 1. The number of anilines is 1. The van der Waals surface area contributed by atoms with E-state index in [1.807, 2.05) is 0 Å². The molecule has 1 saturated carbocycles. The Bertz CT molecular complexity index is 1500. The highest BCUT2D eigenvalue weighted by Crippen LogP contribution is 2.27. The van der Waals surface area contributed by atoms with Crippen LogP contribution in [0.1, 0.15) is 44.6 Å². The van der Waals surface area contributed by atoms with Crippen LogP contribution >= 0.6 is 11.6 Å². The van der Waals surface area contributed by atoms with Gasteiger partial charge in [0.05, 0.1) is 15.5 Å². The van der Waals surface area contributed by atoms with Crippen molar-refractivity contribution in [1.29, 1.82) is 0 Å². The monoisotopic (exact) mass is 612 g/mol. The van der Waals surface area contributed by atoms with Gasteiger partial charge in [-0.25, -0.2) is 8.42 Å². The first-order chi connectivity index (χ1) is 20.1. The lowest BCUT2D eigenvalue weighted by atomic mass is 9.95. The van der Waals surface area contributed by atoms with E-state index in [1.54, 1.807) is 49.4 Å². The number of benzene rings is 3. The number of carbonyl (C=O) groups excluding carboxylic acids is 2. The SMILES string of the molecule is C[C@@H](C(=O)NC1CCCCC1)N(Cc1ccc(Cl)cc1)C(=O)CN(c1ccc([N+](=O)[O-])cc1)S(=O)(=O)c1ccccc1. The Labute approximate surface area is 250 Å². The number of sulfonamides is 1. The molecular weight excluding hydrogens is 580 g/mol. The van der Waals surface area contributed by atoms with Crippen LogP contribution in [-0.4, -0.2) is 48.7 Å². The lowest BCUT2D eigenvalue weighted by Crippen LogP contribution is -2.53. The van der Waals surface area contributed by atoms with E-state index in [2.05, 4.69) is 5.32 Å². The minimum Gasteiger partial charge on any atom is -0.352 e. The van der Waals surface area contributed by atoms with Crippen molar-refractivity contribution >= 4 is 44.8 Å². The molecule has 4 rings (SSSR count). The van der Waals surface area contributed by atoms with E-state index in [1.165, 1.54) is 41.3 Å². The third-order valence-corrected chi connectivity index (χ3v) is 9.38. The number of hydrogen-bond acceptors (Lipinski definition) is 6. The second-order valence-electron chi connectivity index (χ2n) is 10.3. The summed E-state index contributed by atoms with van der Waals surface area (Å²) in [6.45, 7) is 1.02. The first-order valence-electron chi connectivity index (χ1n) is 13.7. The first kappa shape index (κ1) is 31.0. The minimum absolute atomic E-state index is 0.0243. The maximum atomic E-state index is 14.0. The quantitative estimate of drug-likeness (QED) is 0.231. The van der Waals surface area contributed by atoms with Crippen LogP contribution < -0.4 is 9.62 Å². The predicted molar refractivity (Wildman–Crippen MR) is 161 cm³/mol. The van der Waals surface area contributed by atoms with Gasteiger partial charge in [-0.15, -0.1) is 0 Å². The van der Waals surface area contributed by atoms with Gasteiger partial charge in [-0.1, -0.05) is 61.2 Å². The summed E-state index contributed by atoms with van der Waals surface area (Å²) in [5, 5.41) is 14.8. The Kier molecular flexibility index (Phi) is 10.2. The zero-order valence-electron chi connectivity index (χ0n) is 23.2. The molecule has 0 unspecified atom stereocenters. The van der Waals surface area contributed by atoms with Crippen molar-refractivity contribution < 1.29 is 22.9 Å². The molecule has 3 aromatic rings. The Morgan fingerprint density at radius 2 is 1.60 bits per heavy atom. The highest BCUT2D eigenvalue weighted by Gasteiger charge is 2.33. The summed E-state index contributed by atoms with van der Waals surface area (Å²) in [6, 6.07) is 18.5. The molecule has 2 amide bonds. The summed E-state index contributed by atoms with van der Waals surface area (Å²) in [5.74, 6) is -0.939. The fourth-order valence-corrected chi connectivity index (χ4v) is 6.49. The number of nitro groups is 1. The molecule has 1 aliphatic carbocycles. The van der Waals surface area contributed by atoms with Crippen LogP contribution in [0.15, 0.2) is 83.8 Å². The average molecular weight is 613 g/mol. The number of nitrogens with one attached hydrogen (secondary N) is 1. The van der Waals surface area contributed by atoms with Crippen molar-refractivity contribution in [2.24, 2.45) is 0 Å². The van der Waals surface area contributed by atoms with Crippen LogP contribution in [0.3, 0.4) is 0 Å². The molecule has 0 radical (unpaired) electrons. The van der Waals surface area contributed by atoms with Gasteiger partial charge < -0.3 is 10.2 Å². The smallest absolute Gasteiger partial charge is 0.269 e. The second-order valence-corrected chi connectivity index (χ2v) is 12.6. The molecule has 0 aliphatic heterocycles. The van der Waals surface area contributed by atoms with Crippen molar-refractivity contribution in [3.05, 3.63) is 99.6 Å². The molecule has 12 heteroatoms. The third kappa shape index (κ3) is 7.65. The topological polar surface area (TPSA) is 130 Å². The fourth-order valence-electron chi connectivity index (χ4n) is 4.93. The minimum atomic E-state index is -4.26. The molecule has 1 N–H and O–H groups in total. The van der Waals surface area contributed by atoms with E-state index in [4.69, 9.17) is 11.6 Å². The zero-order chi connectivity index (χ0) is 30.3. The lowest BCUT2D eigenvalue weighted by Gasteiger charge is -2.33. The number of nitrogens with zero attached hydrogens (tertiary/aromatic N) is 3. The standard InChI is InChI=1S/C30H33ClN4O6S/c1-22(30(37)32-25-8-4-2-5-9-25)33(20-23-12-14-24(31)15-13-23)29(36)21-34(26-16-18-27(19-17-26)35(38)39)42(40,41)28-10-6-3-7-11-28/h3,6-7,10-19,22,25H,2,4-5,8-9,20-21H2,1H3,(H,32,37)/t22-/m0/s1. The highest BCUT2D eigenvalue weighted by molar-refractivity contribution is 7.92. The summed E-state index contributed by atoms with van der Waals surface area (Å²) in [6.07, 6.45) is 4.90. The summed E-state index contributed by atoms with van der Waals surface area (Å²) in [5.41, 5.74) is 0.556. The molecule has 222 valence electrons. The third-order valence-electron chi connectivity index (χ3n) is 7.34. The van der Waals surface area contributed by atoms with Gasteiger partial charge in [0.15, 0.2) is 0 Å². The van der Waals surface area contributed by atoms with Crippen molar-refractivity contribution in [3.63, 3.8) is 0 Å². The van der Waals surface area contributed by atoms with Crippen LogP contribution in [0.25, 0.3) is 0 Å². The van der Waals surface area contributed by atoms with Crippen LogP contribution in [0, 0.1) is 10.1 Å². The number of non-ortho nitro benzene ring substituents is 1. The molecule has 1 atom stereocenters. The summed E-state index contributed by atoms with van der Waals surface area (Å²) in [7, 11) is -4.26. The van der Waals surface area contributed by atoms with Gasteiger partial charge in [0.2, 0.25) is 11.8 Å². The fraction of sp³-hybridized carbons (Fsp3) is 0.333. The second kappa shape index (κ2) is 13.8. The molecule has 42 heavy (non-hydrogen) atoms. The van der Waals surface area contributed by atoms with Gasteiger partial charge in [-0.2, -0.15) is 0 Å². The number of rotatable bonds is 11. The van der Waals surface area contributed by atoms with E-state index < -0.39 is 33.4 Å². The maximum absolute atomic E-state index is 14.0. The molecule has 3 aromatic carbocycles. The molecular formula is C30H33ClN4O6S. The van der Waals surface area contributed by atoms with Gasteiger partial charge >= 0.3 is 0 Å². The molecule has 0 spiro atoms. The van der Waals surface area contributed by atoms with E-state index in [0.717, 1.165) is 36.4 Å². The first-order valence-corrected chi connectivity index (χ1v) is 15.5. The van der Waals surface area contributed by atoms with Gasteiger partial charge in [-0.3, -0.25) is 24.0 Å². The van der Waals surface area contributed by atoms with Gasteiger partial charge in [0.1, 0.15) is 12.6 Å². The van der Waals surface area contributed by atoms with Crippen molar-refractivity contribution in [2.75, 3.05) is 10.8 Å². The Balaban J connectivity index is 1.67. The van der Waals surface area contributed by atoms with E-state index in [0.29, 0.717) is 10.6 Å². The van der Waals surface area contributed by atoms with E-state index in [9.17, 15) is 28.1 Å².